The van der Waals surface area contributed by atoms with Crippen molar-refractivity contribution >= 4 is 0 Å². The molecule has 2 atom stereocenters. The van der Waals surface area contributed by atoms with E-state index in [1.807, 2.05) is 18.5 Å². The van der Waals surface area contributed by atoms with Crippen LogP contribution in [0.3, 0.4) is 0 Å². The lowest BCUT2D eigenvalue weighted by molar-refractivity contribution is -0.00289. The van der Waals surface area contributed by atoms with E-state index in [1.165, 1.54) is 38.3 Å². The molecule has 104 valence electrons. The Morgan fingerprint density at radius 3 is 2.79 bits per heavy atom. The average Bonchev–Trinajstić information content (AvgIpc) is 2.49. The Morgan fingerprint density at radius 1 is 1.37 bits per heavy atom. The zero-order valence-electron chi connectivity index (χ0n) is 11.8. The molecule has 3 aliphatic heterocycles. The van der Waals surface area contributed by atoms with Crippen LogP contribution in [0.5, 0.6) is 0 Å². The smallest absolute Gasteiger partial charge is 0.0380 e. The molecule has 2 bridgehead atoms. The molecule has 0 spiro atoms. The van der Waals surface area contributed by atoms with Gasteiger partial charge in [-0.05, 0) is 24.6 Å². The van der Waals surface area contributed by atoms with Crippen molar-refractivity contribution in [2.24, 2.45) is 0 Å². The first-order valence-electron chi connectivity index (χ1n) is 7.45. The SMILES string of the molecule is CCNC(Cc1cccnc1)C1CN2CCN1CC2. The summed E-state index contributed by atoms with van der Waals surface area (Å²) in [4.78, 5) is 9.52. The number of nitrogens with zero attached hydrogens (tertiary/aromatic N) is 3. The molecule has 0 amide bonds. The van der Waals surface area contributed by atoms with Crippen LogP contribution in [0.4, 0.5) is 0 Å². The van der Waals surface area contributed by atoms with E-state index in [9.17, 15) is 0 Å². The summed E-state index contributed by atoms with van der Waals surface area (Å²) in [5.41, 5.74) is 1.34. The molecule has 0 radical (unpaired) electrons. The van der Waals surface area contributed by atoms with E-state index in [0.29, 0.717) is 12.1 Å². The number of aromatic nitrogens is 1. The van der Waals surface area contributed by atoms with Crippen LogP contribution in [0.1, 0.15) is 12.5 Å². The largest absolute Gasteiger partial charge is 0.312 e. The maximum Gasteiger partial charge on any atom is 0.0380 e. The van der Waals surface area contributed by atoms with Gasteiger partial charge >= 0.3 is 0 Å². The molecule has 1 N–H and O–H groups in total. The van der Waals surface area contributed by atoms with Gasteiger partial charge in [-0.25, -0.2) is 0 Å². The van der Waals surface area contributed by atoms with Crippen molar-refractivity contribution in [3.8, 4) is 0 Å². The van der Waals surface area contributed by atoms with Crippen LogP contribution in [-0.2, 0) is 6.42 Å². The van der Waals surface area contributed by atoms with Gasteiger partial charge in [-0.2, -0.15) is 0 Å². The number of nitrogens with one attached hydrogen (secondary N) is 1. The number of pyridine rings is 1. The lowest BCUT2D eigenvalue weighted by Gasteiger charge is -2.50. The third kappa shape index (κ3) is 2.96. The molecule has 1 aromatic rings. The Kier molecular flexibility index (Phi) is 4.11. The zero-order chi connectivity index (χ0) is 13.1. The highest BCUT2D eigenvalue weighted by molar-refractivity contribution is 5.12. The third-order valence-electron chi connectivity index (χ3n) is 4.43. The van der Waals surface area contributed by atoms with Gasteiger partial charge in [0.25, 0.3) is 0 Å². The van der Waals surface area contributed by atoms with E-state index < -0.39 is 0 Å². The number of fused-ring (bicyclic) bond motifs is 3. The summed E-state index contributed by atoms with van der Waals surface area (Å²) in [7, 11) is 0. The third-order valence-corrected chi connectivity index (χ3v) is 4.43. The quantitative estimate of drug-likeness (QED) is 0.840. The van der Waals surface area contributed by atoms with Crippen LogP contribution < -0.4 is 5.32 Å². The molecule has 0 aliphatic carbocycles. The monoisotopic (exact) mass is 260 g/mol. The van der Waals surface area contributed by atoms with Crippen LogP contribution in [0.15, 0.2) is 24.5 Å². The molecule has 4 rings (SSSR count). The molecule has 4 nitrogen and oxygen atoms in total. The van der Waals surface area contributed by atoms with Gasteiger partial charge in [-0.1, -0.05) is 13.0 Å². The molecule has 3 fully saturated rings. The maximum atomic E-state index is 4.24. The van der Waals surface area contributed by atoms with Gasteiger partial charge in [0.05, 0.1) is 0 Å². The predicted octanol–water partition coefficient (Wildman–Crippen LogP) is 0.602. The minimum absolute atomic E-state index is 0.539. The molecule has 0 saturated carbocycles. The van der Waals surface area contributed by atoms with Crippen molar-refractivity contribution in [3.05, 3.63) is 30.1 Å². The van der Waals surface area contributed by atoms with Crippen LogP contribution in [0, 0.1) is 0 Å². The minimum Gasteiger partial charge on any atom is -0.312 e. The fourth-order valence-electron chi connectivity index (χ4n) is 3.42. The average molecular weight is 260 g/mol. The van der Waals surface area contributed by atoms with Gasteiger partial charge < -0.3 is 5.32 Å². The van der Waals surface area contributed by atoms with E-state index in [1.54, 1.807) is 0 Å². The summed E-state index contributed by atoms with van der Waals surface area (Å²) < 4.78 is 0. The van der Waals surface area contributed by atoms with Crippen LogP contribution in [0.25, 0.3) is 0 Å². The molecule has 3 aliphatic rings. The van der Waals surface area contributed by atoms with Gasteiger partial charge in [-0.15, -0.1) is 0 Å². The van der Waals surface area contributed by atoms with Crippen molar-refractivity contribution in [1.29, 1.82) is 0 Å². The van der Waals surface area contributed by atoms with Crippen molar-refractivity contribution in [1.82, 2.24) is 20.1 Å². The summed E-state index contributed by atoms with van der Waals surface area (Å²) in [6, 6.07) is 5.42. The molecule has 0 aromatic carbocycles. The van der Waals surface area contributed by atoms with Gasteiger partial charge in [0.2, 0.25) is 0 Å². The first-order chi connectivity index (χ1) is 9.36. The second kappa shape index (κ2) is 5.99. The van der Waals surface area contributed by atoms with Gasteiger partial charge in [0.15, 0.2) is 0 Å². The van der Waals surface area contributed by atoms with E-state index in [-0.39, 0.29) is 0 Å². The zero-order valence-corrected chi connectivity index (χ0v) is 11.8. The van der Waals surface area contributed by atoms with Gasteiger partial charge in [-0.3, -0.25) is 14.8 Å². The van der Waals surface area contributed by atoms with E-state index in [4.69, 9.17) is 0 Å². The predicted molar refractivity (Wildman–Crippen MR) is 77.2 cm³/mol. The summed E-state index contributed by atoms with van der Waals surface area (Å²) >= 11 is 0. The van der Waals surface area contributed by atoms with Crippen molar-refractivity contribution in [2.75, 3.05) is 39.3 Å². The first kappa shape index (κ1) is 13.0. The lowest BCUT2D eigenvalue weighted by atomic mass is 9.95. The fraction of sp³-hybridized carbons (Fsp3) is 0.667. The topological polar surface area (TPSA) is 31.4 Å². The summed E-state index contributed by atoms with van der Waals surface area (Å²) in [6.07, 6.45) is 4.93. The molecule has 2 unspecified atom stereocenters. The Bertz CT molecular complexity index is 386. The summed E-state index contributed by atoms with van der Waals surface area (Å²) in [5.74, 6) is 0. The number of hydrogen-bond acceptors (Lipinski definition) is 4. The molecule has 19 heavy (non-hydrogen) atoms. The number of piperazine rings is 3. The van der Waals surface area contributed by atoms with E-state index in [0.717, 1.165) is 13.0 Å². The Labute approximate surface area is 115 Å². The summed E-state index contributed by atoms with van der Waals surface area (Å²) in [5, 5.41) is 3.69. The van der Waals surface area contributed by atoms with E-state index in [2.05, 4.69) is 33.1 Å². The summed E-state index contributed by atoms with van der Waals surface area (Å²) in [6.45, 7) is 9.43. The highest BCUT2D eigenvalue weighted by Crippen LogP contribution is 2.20. The second-order valence-electron chi connectivity index (χ2n) is 5.63. The Hall–Kier alpha value is -0.970. The van der Waals surface area contributed by atoms with Crippen molar-refractivity contribution < 1.29 is 0 Å². The lowest BCUT2D eigenvalue weighted by Crippen LogP contribution is -2.66. The van der Waals surface area contributed by atoms with Crippen LogP contribution in [-0.4, -0.2) is 66.1 Å². The molecule has 1 aromatic heterocycles. The molecular formula is C15H24N4. The first-order valence-corrected chi connectivity index (χ1v) is 7.45. The highest BCUT2D eigenvalue weighted by atomic mass is 15.4. The fourth-order valence-corrected chi connectivity index (χ4v) is 3.42. The van der Waals surface area contributed by atoms with Gasteiger partial charge in [0, 0.05) is 57.2 Å². The molecule has 3 saturated heterocycles. The van der Waals surface area contributed by atoms with E-state index >= 15 is 0 Å². The molecule has 4 heterocycles. The Balaban J connectivity index is 1.70. The van der Waals surface area contributed by atoms with Crippen molar-refractivity contribution in [3.63, 3.8) is 0 Å². The maximum absolute atomic E-state index is 4.24. The Morgan fingerprint density at radius 2 is 2.21 bits per heavy atom. The number of likely N-dealkylation sites (N-methyl/N-ethyl adjacent to an activating group) is 1. The van der Waals surface area contributed by atoms with Crippen LogP contribution >= 0.6 is 0 Å². The standard InChI is InChI=1S/C15H24N4/c1-2-17-14(10-13-4-3-5-16-11-13)15-12-18-6-8-19(15)9-7-18/h3-5,11,14-15,17H,2,6-10,12H2,1H3. The number of hydrogen-bond donors (Lipinski definition) is 1. The highest BCUT2D eigenvalue weighted by Gasteiger charge is 2.36. The molecular weight excluding hydrogens is 236 g/mol. The normalized spacial score (nSPS) is 31.3. The van der Waals surface area contributed by atoms with Crippen molar-refractivity contribution in [2.45, 2.75) is 25.4 Å². The minimum atomic E-state index is 0.539. The van der Waals surface area contributed by atoms with Crippen LogP contribution in [0.2, 0.25) is 0 Å². The number of rotatable bonds is 5. The second-order valence-corrected chi connectivity index (χ2v) is 5.63. The molecule has 4 heteroatoms. The van der Waals surface area contributed by atoms with Gasteiger partial charge in [0.1, 0.15) is 0 Å².